The number of allylic oxidation sites excluding steroid dienone is 1. The van der Waals surface area contributed by atoms with Gasteiger partial charge in [0.2, 0.25) is 5.91 Å². The molecule has 0 unspecified atom stereocenters. The molecular weight excluding hydrogens is 317 g/mol. The summed E-state index contributed by atoms with van der Waals surface area (Å²) in [5.74, 6) is -1.46. The van der Waals surface area contributed by atoms with Gasteiger partial charge in [-0.25, -0.2) is 4.39 Å². The second-order valence-electron chi connectivity index (χ2n) is 5.67. The van der Waals surface area contributed by atoms with E-state index in [0.717, 1.165) is 6.07 Å². The van der Waals surface area contributed by atoms with Gasteiger partial charge in [0.05, 0.1) is 11.5 Å². The summed E-state index contributed by atoms with van der Waals surface area (Å²) in [6.45, 7) is 0.506. The van der Waals surface area contributed by atoms with E-state index >= 15 is 0 Å². The van der Waals surface area contributed by atoms with Crippen LogP contribution < -0.4 is 21.1 Å². The molecule has 1 fully saturated rings. The zero-order chi connectivity index (χ0) is 17.3. The first-order chi connectivity index (χ1) is 11.4. The van der Waals surface area contributed by atoms with Crippen LogP contribution >= 0.6 is 0 Å². The predicted molar refractivity (Wildman–Crippen MR) is 83.3 cm³/mol. The number of rotatable bonds is 5. The highest BCUT2D eigenvalue weighted by atomic mass is 19.1. The van der Waals surface area contributed by atoms with Gasteiger partial charge in [0.1, 0.15) is 22.7 Å². The number of nitrogens with one attached hydrogen (secondary N) is 2. The fourth-order valence-corrected chi connectivity index (χ4v) is 2.31. The second-order valence-corrected chi connectivity index (χ2v) is 5.67. The molecule has 1 amide bonds. The highest BCUT2D eigenvalue weighted by molar-refractivity contribution is 6.10. The molecule has 8 heteroatoms. The molecule has 0 saturated heterocycles. The molecule has 0 bridgehead atoms. The molecule has 0 radical (unpaired) electrons. The molecule has 0 atom stereocenters. The number of benzene rings is 1. The van der Waals surface area contributed by atoms with Crippen LogP contribution in [-0.2, 0) is 9.59 Å². The Labute approximate surface area is 137 Å². The van der Waals surface area contributed by atoms with E-state index in [0.29, 0.717) is 18.1 Å². The molecule has 1 saturated carbocycles. The van der Waals surface area contributed by atoms with E-state index in [1.165, 1.54) is 12.1 Å². The van der Waals surface area contributed by atoms with Crippen LogP contribution in [0.4, 0.5) is 10.1 Å². The third-order valence-corrected chi connectivity index (χ3v) is 3.93. The average Bonchev–Trinajstić information content (AvgIpc) is 3.32. The minimum Gasteiger partial charge on any atom is -0.480 e. The van der Waals surface area contributed by atoms with Crippen molar-refractivity contribution in [2.45, 2.75) is 12.8 Å². The summed E-state index contributed by atoms with van der Waals surface area (Å²) in [5, 5.41) is 14.3. The fourth-order valence-electron chi connectivity index (χ4n) is 2.31. The third-order valence-electron chi connectivity index (χ3n) is 3.93. The standard InChI is InChI=1S/C16H16FN3O4/c17-11-7-9(24-10-3-6-19-13(18)8-10)1-2-12(11)20-14(21)16(4-5-16)15(22)23/h1-3,7-8,19H,4-6,18H2,(H,20,21)(H,22,23). The number of aliphatic carboxylic acids is 1. The van der Waals surface area contributed by atoms with Crippen LogP contribution in [0, 0.1) is 11.2 Å². The number of ether oxygens (including phenoxy) is 1. The fraction of sp³-hybridized carbons (Fsp3) is 0.250. The summed E-state index contributed by atoms with van der Waals surface area (Å²) < 4.78 is 19.6. The van der Waals surface area contributed by atoms with Gasteiger partial charge in [0, 0.05) is 18.7 Å². The van der Waals surface area contributed by atoms with Crippen LogP contribution in [0.15, 0.2) is 41.9 Å². The van der Waals surface area contributed by atoms with E-state index in [4.69, 9.17) is 15.6 Å². The Hall–Kier alpha value is -3.03. The van der Waals surface area contributed by atoms with Gasteiger partial charge >= 0.3 is 5.97 Å². The number of amides is 1. The Morgan fingerprint density at radius 1 is 1.38 bits per heavy atom. The number of carboxylic acid groups (broad SMARTS) is 1. The van der Waals surface area contributed by atoms with Crippen molar-refractivity contribution in [3.63, 3.8) is 0 Å². The molecule has 0 spiro atoms. The lowest BCUT2D eigenvalue weighted by Gasteiger charge is -2.15. The monoisotopic (exact) mass is 333 g/mol. The Bertz CT molecular complexity index is 769. The molecular formula is C16H16FN3O4. The SMILES string of the molecule is NC1=CC(Oc2ccc(NC(=O)C3(C(=O)O)CC3)c(F)c2)=CCN1. The van der Waals surface area contributed by atoms with Gasteiger partial charge in [-0.2, -0.15) is 0 Å². The highest BCUT2D eigenvalue weighted by Crippen LogP contribution is 2.46. The average molecular weight is 333 g/mol. The maximum absolute atomic E-state index is 14.1. The van der Waals surface area contributed by atoms with Crippen molar-refractivity contribution in [2.24, 2.45) is 11.1 Å². The summed E-state index contributed by atoms with van der Waals surface area (Å²) in [7, 11) is 0. The highest BCUT2D eigenvalue weighted by Gasteiger charge is 2.57. The van der Waals surface area contributed by atoms with Crippen molar-refractivity contribution in [2.75, 3.05) is 11.9 Å². The molecule has 1 aliphatic heterocycles. The Kier molecular flexibility index (Phi) is 3.88. The molecule has 2 aliphatic rings. The van der Waals surface area contributed by atoms with Gasteiger partial charge in [-0.3, -0.25) is 9.59 Å². The number of hydrogen-bond donors (Lipinski definition) is 4. The molecule has 1 aromatic rings. The number of carboxylic acids is 1. The zero-order valence-electron chi connectivity index (χ0n) is 12.6. The zero-order valence-corrected chi connectivity index (χ0v) is 12.6. The maximum Gasteiger partial charge on any atom is 0.319 e. The summed E-state index contributed by atoms with van der Waals surface area (Å²) in [6.07, 6.45) is 3.83. The van der Waals surface area contributed by atoms with Gasteiger partial charge in [-0.1, -0.05) is 0 Å². The number of nitrogens with two attached hydrogens (primary N) is 1. The number of halogens is 1. The maximum atomic E-state index is 14.1. The van der Waals surface area contributed by atoms with E-state index in [2.05, 4.69) is 10.6 Å². The van der Waals surface area contributed by atoms with Crippen molar-refractivity contribution in [3.05, 3.63) is 47.7 Å². The number of dihydropyridines is 1. The van der Waals surface area contributed by atoms with Crippen LogP contribution in [0.2, 0.25) is 0 Å². The number of hydrogen-bond acceptors (Lipinski definition) is 5. The Morgan fingerprint density at radius 3 is 2.71 bits per heavy atom. The van der Waals surface area contributed by atoms with Gasteiger partial charge < -0.3 is 26.2 Å². The third kappa shape index (κ3) is 3.03. The minimum absolute atomic E-state index is 0.0887. The van der Waals surface area contributed by atoms with Crippen LogP contribution in [0.25, 0.3) is 0 Å². The van der Waals surface area contributed by atoms with Crippen molar-refractivity contribution in [3.8, 4) is 5.75 Å². The molecule has 7 nitrogen and oxygen atoms in total. The lowest BCUT2D eigenvalue weighted by atomic mass is 10.1. The van der Waals surface area contributed by atoms with E-state index in [1.54, 1.807) is 12.2 Å². The first kappa shape index (κ1) is 15.9. The van der Waals surface area contributed by atoms with Crippen molar-refractivity contribution >= 4 is 17.6 Å². The number of anilines is 1. The van der Waals surface area contributed by atoms with Gasteiger partial charge in [-0.05, 0) is 31.1 Å². The van der Waals surface area contributed by atoms with Crippen molar-refractivity contribution < 1.29 is 23.8 Å². The lowest BCUT2D eigenvalue weighted by molar-refractivity contribution is -0.147. The predicted octanol–water partition coefficient (Wildman–Crippen LogP) is 1.29. The topological polar surface area (TPSA) is 114 Å². The van der Waals surface area contributed by atoms with Gasteiger partial charge in [-0.15, -0.1) is 0 Å². The molecule has 1 heterocycles. The first-order valence-electron chi connectivity index (χ1n) is 7.34. The van der Waals surface area contributed by atoms with Gasteiger partial charge in [0.15, 0.2) is 0 Å². The Balaban J connectivity index is 1.70. The normalized spacial score (nSPS) is 17.9. The summed E-state index contributed by atoms with van der Waals surface area (Å²) >= 11 is 0. The molecule has 5 N–H and O–H groups in total. The summed E-state index contributed by atoms with van der Waals surface area (Å²) in [4.78, 5) is 23.1. The van der Waals surface area contributed by atoms with Crippen molar-refractivity contribution in [1.29, 1.82) is 0 Å². The lowest BCUT2D eigenvalue weighted by Crippen LogP contribution is -2.31. The molecule has 1 aliphatic carbocycles. The number of carbonyl (C=O) groups excluding carboxylic acids is 1. The van der Waals surface area contributed by atoms with E-state index in [1.807, 2.05) is 0 Å². The van der Waals surface area contributed by atoms with Crippen LogP contribution in [0.1, 0.15) is 12.8 Å². The van der Waals surface area contributed by atoms with Crippen LogP contribution in [-0.4, -0.2) is 23.5 Å². The molecule has 24 heavy (non-hydrogen) atoms. The molecule has 126 valence electrons. The quantitative estimate of drug-likeness (QED) is 0.604. The smallest absolute Gasteiger partial charge is 0.319 e. The van der Waals surface area contributed by atoms with Crippen LogP contribution in [0.3, 0.4) is 0 Å². The van der Waals surface area contributed by atoms with Crippen LogP contribution in [0.5, 0.6) is 5.75 Å². The summed E-state index contributed by atoms with van der Waals surface area (Å²) in [6, 6.07) is 3.92. The number of carbonyl (C=O) groups is 2. The largest absolute Gasteiger partial charge is 0.480 e. The molecule has 3 rings (SSSR count). The molecule has 1 aromatic carbocycles. The molecule has 0 aromatic heterocycles. The van der Waals surface area contributed by atoms with Crippen molar-refractivity contribution in [1.82, 2.24) is 5.32 Å². The van der Waals surface area contributed by atoms with Gasteiger partial charge in [0.25, 0.3) is 0 Å². The van der Waals surface area contributed by atoms with E-state index in [-0.39, 0.29) is 24.3 Å². The second kappa shape index (κ2) is 5.88. The first-order valence-corrected chi connectivity index (χ1v) is 7.34. The van der Waals surface area contributed by atoms with E-state index in [9.17, 15) is 14.0 Å². The Morgan fingerprint density at radius 2 is 2.12 bits per heavy atom. The van der Waals surface area contributed by atoms with E-state index < -0.39 is 23.1 Å². The minimum atomic E-state index is -1.43. The summed E-state index contributed by atoms with van der Waals surface area (Å²) in [5.41, 5.74) is 4.10.